The molecule has 0 fully saturated rings. The number of carbonyl (C=O) groups excluding carboxylic acids is 8. The largest absolute Gasteiger partial charge is 0.508 e. The zero-order chi connectivity index (χ0) is 62.1. The molecule has 0 spiro atoms. The van der Waals surface area contributed by atoms with Gasteiger partial charge in [0.15, 0.2) is 0 Å². The molecule has 0 aliphatic rings. The van der Waals surface area contributed by atoms with Crippen LogP contribution >= 0.6 is 0 Å². The highest BCUT2D eigenvalue weighted by Gasteiger charge is 2.38. The smallest absolute Gasteiger partial charge is 0.326 e. The molecule has 0 aliphatic heterocycles. The van der Waals surface area contributed by atoms with Crippen LogP contribution in [0.3, 0.4) is 0 Å². The van der Waals surface area contributed by atoms with Gasteiger partial charge < -0.3 is 99.0 Å². The lowest BCUT2D eigenvalue weighted by molar-refractivity contribution is -0.144. The maximum absolute atomic E-state index is 14.3. The molecule has 0 saturated carbocycles. The van der Waals surface area contributed by atoms with Crippen LogP contribution in [-0.4, -0.2) is 195 Å². The van der Waals surface area contributed by atoms with Crippen LogP contribution < -0.4 is 48.3 Å². The van der Waals surface area contributed by atoms with E-state index in [-0.39, 0.29) is 31.4 Å². The van der Waals surface area contributed by atoms with E-state index in [4.69, 9.17) is 5.73 Å². The number of nitrogens with one attached hydrogen (secondary N) is 11. The van der Waals surface area contributed by atoms with Crippen molar-refractivity contribution in [1.82, 2.24) is 62.5 Å². The third-order valence-electron chi connectivity index (χ3n) is 13.6. The van der Waals surface area contributed by atoms with E-state index < -0.39 is 145 Å². The molecule has 85 heavy (non-hydrogen) atoms. The van der Waals surface area contributed by atoms with Crippen molar-refractivity contribution < 1.29 is 83.7 Å². The highest BCUT2D eigenvalue weighted by atomic mass is 16.4. The van der Waals surface area contributed by atoms with Crippen LogP contribution in [0.15, 0.2) is 97.7 Å². The van der Waals surface area contributed by atoms with E-state index in [0.717, 1.165) is 30.3 Å². The van der Waals surface area contributed by atoms with Crippen molar-refractivity contribution in [1.29, 1.82) is 0 Å². The number of carboxylic acid groups (broad SMARTS) is 2. The summed E-state index contributed by atoms with van der Waals surface area (Å²) in [4.78, 5) is 147. The van der Waals surface area contributed by atoms with E-state index in [1.807, 2.05) is 24.3 Å². The molecule has 8 amide bonds. The fourth-order valence-electron chi connectivity index (χ4n) is 8.96. The number of phenols is 1. The van der Waals surface area contributed by atoms with Gasteiger partial charge in [-0.2, -0.15) is 0 Å². The number of H-pyrrole nitrogens is 3. The molecule has 0 bridgehead atoms. The third kappa shape index (κ3) is 17.9. The molecule has 3 heterocycles. The summed E-state index contributed by atoms with van der Waals surface area (Å²) in [7, 11) is 0. The van der Waals surface area contributed by atoms with Crippen LogP contribution in [0.2, 0.25) is 0 Å². The first-order valence-electron chi connectivity index (χ1n) is 26.5. The summed E-state index contributed by atoms with van der Waals surface area (Å²) in [6.07, 6.45) is 0.512. The molecule has 0 saturated heterocycles. The molecule has 30 nitrogen and oxygen atoms in total. The van der Waals surface area contributed by atoms with Crippen molar-refractivity contribution >= 4 is 81.0 Å². The van der Waals surface area contributed by atoms with E-state index >= 15 is 0 Å². The van der Waals surface area contributed by atoms with Gasteiger partial charge in [0.1, 0.15) is 54.1 Å². The number of aromatic amines is 3. The molecular weight excluding hydrogens is 1110 g/mol. The van der Waals surface area contributed by atoms with Crippen molar-refractivity contribution in [3.8, 4) is 5.75 Å². The molecular formula is C55H67N13O17. The van der Waals surface area contributed by atoms with Crippen molar-refractivity contribution in [2.24, 2.45) is 5.73 Å². The summed E-state index contributed by atoms with van der Waals surface area (Å²) >= 11 is 0. The lowest BCUT2D eigenvalue weighted by Crippen LogP contribution is -2.63. The van der Waals surface area contributed by atoms with Crippen LogP contribution in [0.4, 0.5) is 0 Å². The van der Waals surface area contributed by atoms with E-state index in [9.17, 15) is 83.7 Å². The van der Waals surface area contributed by atoms with Crippen LogP contribution in [0.5, 0.6) is 5.75 Å². The Hall–Kier alpha value is -9.75. The standard InChI is InChI=1S/C55H67N13O17/c1-26(71)45(53(82)64-41(55(84)85)15-28-11-13-32(73)14-12-28)68-50(79)40(19-44(74)75)63-51(80)42(23-69)65-48(77)38(17-30-21-59-37-10-6-4-8-34(30)37)62-52(81)43(24-70)66-54(83)46(27(2)72)67-49(78)39(18-31-22-57-25-60-31)61-47(76)35(56)16-29-20-58-36-9-5-3-7-33(29)36/h3-14,20-22,25-27,35,38-43,45-46,58-59,69-73H,15-19,23-24,56H2,1-2H3,(H,57,60)(H,61,76)(H,62,81)(H,63,80)(H,64,82)(H,65,77)(H,66,83)(H,67,78)(H,68,79)(H,74,75)(H,84,85)/t26-,27-,35+,38+,39+,40+,41+,42+,43+,45+,46+/m1/s1. The molecule has 0 radical (unpaired) electrons. The molecule has 30 heteroatoms. The monoisotopic (exact) mass is 1180 g/mol. The number of aliphatic hydroxyl groups is 4. The number of para-hydroxylation sites is 2. The quantitative estimate of drug-likeness (QED) is 0.0196. The minimum atomic E-state index is -2.08. The number of rotatable bonds is 31. The Kier molecular flexibility index (Phi) is 22.7. The fourth-order valence-corrected chi connectivity index (χ4v) is 8.96. The predicted molar refractivity (Wildman–Crippen MR) is 299 cm³/mol. The van der Waals surface area contributed by atoms with Gasteiger partial charge in [0.25, 0.3) is 0 Å². The number of aromatic hydroxyl groups is 1. The first-order valence-corrected chi connectivity index (χ1v) is 26.5. The summed E-state index contributed by atoms with van der Waals surface area (Å²) in [5.74, 6) is -12.7. The Bertz CT molecular complexity index is 3330. The first kappa shape index (κ1) is 64.4. The van der Waals surface area contributed by atoms with Gasteiger partial charge in [-0.15, -0.1) is 0 Å². The number of benzene rings is 3. The number of aromatic nitrogens is 4. The molecule has 3 aromatic carbocycles. The normalized spacial score (nSPS) is 15.2. The number of aliphatic hydroxyl groups excluding tert-OH is 4. The van der Waals surface area contributed by atoms with Crippen molar-refractivity contribution in [2.45, 2.75) is 113 Å². The van der Waals surface area contributed by atoms with Crippen LogP contribution in [0.1, 0.15) is 42.7 Å². The number of hydrogen-bond donors (Lipinski definition) is 19. The SMILES string of the molecule is C[C@@H](O)[C@H](NC(=O)[C@H](CC(=O)O)NC(=O)[C@H](CO)NC(=O)[C@H](Cc1c[nH]c2ccccc12)NC(=O)[C@H](CO)NC(=O)[C@@H](NC(=O)[C@H](Cc1cnc[nH]1)NC(=O)[C@@H](N)Cc1c[nH]c2ccccc12)[C@@H](C)O)C(=O)N[C@@H](Cc1ccc(O)cc1)C(=O)O. The third-order valence-corrected chi connectivity index (χ3v) is 13.6. The first-order chi connectivity index (χ1) is 40.5. The average Bonchev–Trinajstić information content (AvgIpc) is 3.70. The summed E-state index contributed by atoms with van der Waals surface area (Å²) in [5.41, 5.74) is 9.61. The lowest BCUT2D eigenvalue weighted by atomic mass is 10.0. The minimum Gasteiger partial charge on any atom is -0.508 e. The van der Waals surface area contributed by atoms with Gasteiger partial charge in [0.2, 0.25) is 47.3 Å². The zero-order valence-corrected chi connectivity index (χ0v) is 45.8. The summed E-state index contributed by atoms with van der Waals surface area (Å²) < 4.78 is 0. The second-order valence-electron chi connectivity index (χ2n) is 20.0. The molecule has 6 aromatic rings. The minimum absolute atomic E-state index is 0.0676. The number of carboxylic acids is 2. The zero-order valence-electron chi connectivity index (χ0n) is 45.8. The van der Waals surface area contributed by atoms with Gasteiger partial charge in [-0.1, -0.05) is 48.5 Å². The van der Waals surface area contributed by atoms with E-state index in [0.29, 0.717) is 27.7 Å². The van der Waals surface area contributed by atoms with Crippen molar-refractivity contribution in [3.63, 3.8) is 0 Å². The Morgan fingerprint density at radius 2 is 0.941 bits per heavy atom. The number of nitrogens with two attached hydrogens (primary N) is 1. The molecule has 3 aromatic heterocycles. The second kappa shape index (κ2) is 30.0. The summed E-state index contributed by atoms with van der Waals surface area (Å²) in [6, 6.07) is 3.71. The molecule has 454 valence electrons. The number of phenolic OH excluding ortho intramolecular Hbond substituents is 1. The maximum atomic E-state index is 14.3. The van der Waals surface area contributed by atoms with Crippen molar-refractivity contribution in [2.75, 3.05) is 13.2 Å². The topological polar surface area (TPSA) is 495 Å². The molecule has 6 rings (SSSR count). The van der Waals surface area contributed by atoms with E-state index in [1.54, 1.807) is 30.5 Å². The highest BCUT2D eigenvalue weighted by molar-refractivity contribution is 5.99. The lowest BCUT2D eigenvalue weighted by Gasteiger charge is -2.28. The Balaban J connectivity index is 1.14. The number of imidazole rings is 1. The van der Waals surface area contributed by atoms with E-state index in [1.165, 1.54) is 43.0 Å². The predicted octanol–water partition coefficient (Wildman–Crippen LogP) is -4.14. The van der Waals surface area contributed by atoms with Gasteiger partial charge >= 0.3 is 11.9 Å². The van der Waals surface area contributed by atoms with Gasteiger partial charge in [-0.05, 0) is 61.2 Å². The summed E-state index contributed by atoms with van der Waals surface area (Å²) in [6.45, 7) is -0.169. The Morgan fingerprint density at radius 1 is 0.506 bits per heavy atom. The molecule has 0 aliphatic carbocycles. The molecule has 11 atom stereocenters. The fraction of sp³-hybridized carbons (Fsp3) is 0.364. The highest BCUT2D eigenvalue weighted by Crippen LogP contribution is 2.21. The average molecular weight is 1180 g/mol. The van der Waals surface area contributed by atoms with Crippen molar-refractivity contribution in [3.05, 3.63) is 120 Å². The summed E-state index contributed by atoms with van der Waals surface area (Å²) in [5, 5.41) is 90.9. The Morgan fingerprint density at radius 3 is 1.44 bits per heavy atom. The Labute approximate surface area is 483 Å². The van der Waals surface area contributed by atoms with Crippen LogP contribution in [0.25, 0.3) is 21.8 Å². The van der Waals surface area contributed by atoms with Gasteiger partial charge in [0.05, 0.1) is 44.2 Å². The number of fused-ring (bicyclic) bond motifs is 2. The number of amides is 8. The number of carbonyl (C=O) groups is 10. The number of hydrogen-bond acceptors (Lipinski definition) is 17. The second-order valence-corrected chi connectivity index (χ2v) is 20.0. The maximum Gasteiger partial charge on any atom is 0.326 e. The number of nitrogens with zero attached hydrogens (tertiary/aromatic N) is 1. The van der Waals surface area contributed by atoms with Gasteiger partial charge in [-0.25, -0.2) is 9.78 Å². The van der Waals surface area contributed by atoms with Crippen LogP contribution in [0, 0.1) is 0 Å². The van der Waals surface area contributed by atoms with E-state index in [2.05, 4.69) is 62.5 Å². The number of aliphatic carboxylic acids is 2. The van der Waals surface area contributed by atoms with Gasteiger partial charge in [-0.3, -0.25) is 43.2 Å². The van der Waals surface area contributed by atoms with Gasteiger partial charge in [0, 0.05) is 65.4 Å². The molecule has 0 unspecified atom stereocenters. The molecule has 20 N–H and O–H groups in total. The van der Waals surface area contributed by atoms with Crippen LogP contribution in [-0.2, 0) is 73.6 Å².